The lowest BCUT2D eigenvalue weighted by molar-refractivity contribution is 0.0734. The van der Waals surface area contributed by atoms with Gasteiger partial charge in [0.1, 0.15) is 5.75 Å². The minimum atomic E-state index is -0.428. The van der Waals surface area contributed by atoms with E-state index in [-0.39, 0.29) is 5.78 Å². The summed E-state index contributed by atoms with van der Waals surface area (Å²) in [7, 11) is 0. The number of Topliss-reactive ketones (excluding diaryl/α,β-unsaturated/α-hetero) is 1. The van der Waals surface area contributed by atoms with E-state index in [1.165, 1.54) is 11.8 Å². The summed E-state index contributed by atoms with van der Waals surface area (Å²) in [4.78, 5) is 27.2. The molecule has 0 bridgehead atoms. The first-order chi connectivity index (χ1) is 15.1. The fourth-order valence-electron chi connectivity index (χ4n) is 3.63. The maximum absolute atomic E-state index is 12.9. The largest absolute Gasteiger partial charge is 0.422 e. The van der Waals surface area contributed by atoms with Crippen LogP contribution in [0.2, 0.25) is 0 Å². The third-order valence-corrected chi connectivity index (χ3v) is 6.31. The van der Waals surface area contributed by atoms with E-state index < -0.39 is 5.97 Å². The SMILES string of the molecule is Cc1ccc(OC(=O)c2ccc3ccccc3c2)c(C=C2Sc3ccccc3C2=O)c1. The molecule has 31 heavy (non-hydrogen) atoms. The van der Waals surface area contributed by atoms with Crippen LogP contribution in [-0.4, -0.2) is 11.8 Å². The fourth-order valence-corrected chi connectivity index (χ4v) is 4.67. The van der Waals surface area contributed by atoms with Gasteiger partial charge in [0, 0.05) is 16.0 Å². The van der Waals surface area contributed by atoms with Gasteiger partial charge in [-0.05, 0) is 60.2 Å². The van der Waals surface area contributed by atoms with E-state index in [1.54, 1.807) is 12.1 Å². The smallest absolute Gasteiger partial charge is 0.343 e. The zero-order chi connectivity index (χ0) is 21.4. The zero-order valence-electron chi connectivity index (χ0n) is 16.8. The summed E-state index contributed by atoms with van der Waals surface area (Å²) in [6, 6.07) is 26.5. The van der Waals surface area contributed by atoms with Gasteiger partial charge in [0.15, 0.2) is 0 Å². The molecule has 0 saturated carbocycles. The van der Waals surface area contributed by atoms with Gasteiger partial charge in [-0.2, -0.15) is 0 Å². The quantitative estimate of drug-likeness (QED) is 0.209. The van der Waals surface area contributed by atoms with Crippen molar-refractivity contribution >= 4 is 40.4 Å². The Morgan fingerprint density at radius 3 is 2.48 bits per heavy atom. The number of rotatable bonds is 3. The van der Waals surface area contributed by atoms with Gasteiger partial charge >= 0.3 is 5.97 Å². The number of benzene rings is 4. The van der Waals surface area contributed by atoms with Gasteiger partial charge in [0.25, 0.3) is 0 Å². The number of carbonyl (C=O) groups is 2. The van der Waals surface area contributed by atoms with E-state index in [4.69, 9.17) is 4.74 Å². The second-order valence-corrected chi connectivity index (χ2v) is 8.51. The Hall–Kier alpha value is -3.63. The van der Waals surface area contributed by atoms with Crippen molar-refractivity contribution in [2.24, 2.45) is 0 Å². The lowest BCUT2D eigenvalue weighted by atomic mass is 10.1. The molecule has 1 heterocycles. The number of hydrogen-bond acceptors (Lipinski definition) is 4. The molecule has 0 aliphatic carbocycles. The molecular formula is C27H18O3S. The van der Waals surface area contributed by atoms with Crippen molar-refractivity contribution in [3.05, 3.63) is 112 Å². The molecule has 0 fully saturated rings. The van der Waals surface area contributed by atoms with Gasteiger partial charge < -0.3 is 4.74 Å². The Kier molecular flexibility index (Phi) is 4.92. The van der Waals surface area contributed by atoms with Crippen LogP contribution in [0.15, 0.2) is 94.7 Å². The average Bonchev–Trinajstić information content (AvgIpc) is 3.10. The molecule has 0 unspecified atom stereocenters. The summed E-state index contributed by atoms with van der Waals surface area (Å²) < 4.78 is 5.75. The van der Waals surface area contributed by atoms with Crippen LogP contribution in [0, 0.1) is 6.92 Å². The number of ether oxygens (including phenoxy) is 1. The number of fused-ring (bicyclic) bond motifs is 2. The Labute approximate surface area is 184 Å². The highest BCUT2D eigenvalue weighted by atomic mass is 32.2. The van der Waals surface area contributed by atoms with Crippen molar-refractivity contribution in [1.82, 2.24) is 0 Å². The second kappa shape index (κ2) is 7.89. The van der Waals surface area contributed by atoms with E-state index in [2.05, 4.69) is 0 Å². The highest BCUT2D eigenvalue weighted by Crippen LogP contribution is 2.41. The molecule has 4 aromatic carbocycles. The predicted octanol–water partition coefficient (Wildman–Crippen LogP) is 6.70. The van der Waals surface area contributed by atoms with E-state index in [0.717, 1.165) is 21.2 Å². The Morgan fingerprint density at radius 2 is 1.65 bits per heavy atom. The van der Waals surface area contributed by atoms with Crippen molar-refractivity contribution in [2.45, 2.75) is 11.8 Å². The first-order valence-electron chi connectivity index (χ1n) is 9.93. The molecule has 0 atom stereocenters. The van der Waals surface area contributed by atoms with Crippen LogP contribution in [0.1, 0.15) is 31.8 Å². The lowest BCUT2D eigenvalue weighted by Crippen LogP contribution is -2.09. The molecule has 0 spiro atoms. The molecular weight excluding hydrogens is 404 g/mol. The van der Waals surface area contributed by atoms with Gasteiger partial charge in [-0.15, -0.1) is 0 Å². The van der Waals surface area contributed by atoms with E-state index in [9.17, 15) is 9.59 Å². The minimum absolute atomic E-state index is 0.00564. The van der Waals surface area contributed by atoms with E-state index in [1.807, 2.05) is 85.8 Å². The number of ketones is 1. The van der Waals surface area contributed by atoms with Crippen LogP contribution in [-0.2, 0) is 0 Å². The van der Waals surface area contributed by atoms with E-state index in [0.29, 0.717) is 27.3 Å². The van der Waals surface area contributed by atoms with E-state index >= 15 is 0 Å². The Bertz CT molecular complexity index is 1380. The normalized spacial score (nSPS) is 14.1. The fraction of sp³-hybridized carbons (Fsp3) is 0.0370. The summed E-state index contributed by atoms with van der Waals surface area (Å²) in [6.45, 7) is 1.97. The lowest BCUT2D eigenvalue weighted by Gasteiger charge is -2.10. The topological polar surface area (TPSA) is 43.4 Å². The van der Waals surface area contributed by atoms with Crippen LogP contribution in [0.25, 0.3) is 16.8 Å². The molecule has 0 aromatic heterocycles. The standard InChI is InChI=1S/C27H18O3S/c1-17-10-13-23(30-27(29)20-12-11-18-6-2-3-7-19(18)15-20)21(14-17)16-25-26(28)22-8-4-5-9-24(22)31-25/h2-16H,1H3. The molecule has 0 amide bonds. The maximum Gasteiger partial charge on any atom is 0.343 e. The monoisotopic (exact) mass is 422 g/mol. The Balaban J connectivity index is 1.47. The number of hydrogen-bond donors (Lipinski definition) is 0. The summed E-state index contributed by atoms with van der Waals surface area (Å²) in [5.41, 5.74) is 2.92. The first-order valence-corrected chi connectivity index (χ1v) is 10.7. The molecule has 1 aliphatic heterocycles. The van der Waals surface area contributed by atoms with Crippen molar-refractivity contribution < 1.29 is 14.3 Å². The summed E-state index contributed by atoms with van der Waals surface area (Å²) in [6.07, 6.45) is 1.81. The summed E-state index contributed by atoms with van der Waals surface area (Å²) in [5, 5.41) is 2.05. The van der Waals surface area contributed by atoms with Crippen molar-refractivity contribution in [3.63, 3.8) is 0 Å². The third kappa shape index (κ3) is 3.78. The van der Waals surface area contributed by atoms with Crippen LogP contribution in [0.3, 0.4) is 0 Å². The van der Waals surface area contributed by atoms with Gasteiger partial charge in [-0.25, -0.2) is 4.79 Å². The van der Waals surface area contributed by atoms with Crippen molar-refractivity contribution in [1.29, 1.82) is 0 Å². The molecule has 3 nitrogen and oxygen atoms in total. The predicted molar refractivity (Wildman–Crippen MR) is 125 cm³/mol. The zero-order valence-corrected chi connectivity index (χ0v) is 17.6. The Morgan fingerprint density at radius 1 is 0.871 bits per heavy atom. The minimum Gasteiger partial charge on any atom is -0.422 e. The van der Waals surface area contributed by atoms with Crippen molar-refractivity contribution in [2.75, 3.05) is 0 Å². The second-order valence-electron chi connectivity index (χ2n) is 7.43. The number of aryl methyl sites for hydroxylation is 1. The van der Waals surface area contributed by atoms with Crippen LogP contribution < -0.4 is 4.74 Å². The molecule has 150 valence electrons. The molecule has 1 aliphatic rings. The molecule has 4 aromatic rings. The van der Waals surface area contributed by atoms with Crippen LogP contribution in [0.5, 0.6) is 5.75 Å². The number of esters is 1. The maximum atomic E-state index is 12.9. The van der Waals surface area contributed by atoms with Crippen LogP contribution >= 0.6 is 11.8 Å². The van der Waals surface area contributed by atoms with Gasteiger partial charge in [-0.3, -0.25) is 4.79 Å². The average molecular weight is 423 g/mol. The van der Waals surface area contributed by atoms with Gasteiger partial charge in [0.2, 0.25) is 5.78 Å². The molecule has 4 heteroatoms. The molecule has 0 radical (unpaired) electrons. The van der Waals surface area contributed by atoms with Crippen molar-refractivity contribution in [3.8, 4) is 5.75 Å². The van der Waals surface area contributed by atoms with Gasteiger partial charge in [0.05, 0.1) is 10.5 Å². The van der Waals surface area contributed by atoms with Gasteiger partial charge in [-0.1, -0.05) is 65.9 Å². The third-order valence-electron chi connectivity index (χ3n) is 5.22. The summed E-state index contributed by atoms with van der Waals surface area (Å²) >= 11 is 1.44. The number of carbonyl (C=O) groups excluding carboxylic acids is 2. The van der Waals surface area contributed by atoms with Crippen LogP contribution in [0.4, 0.5) is 0 Å². The highest BCUT2D eigenvalue weighted by Gasteiger charge is 2.25. The molecule has 0 saturated heterocycles. The molecule has 5 rings (SSSR count). The number of allylic oxidation sites excluding steroid dienone is 1. The molecule has 0 N–H and O–H groups in total. The summed E-state index contributed by atoms with van der Waals surface area (Å²) in [5.74, 6) is -0.00234. The number of thioether (sulfide) groups is 1. The first kappa shape index (κ1) is 19.3. The highest BCUT2D eigenvalue weighted by molar-refractivity contribution is 8.04.